The minimum Gasteiger partial charge on any atom is -0.379 e. The van der Waals surface area contributed by atoms with Crippen LogP contribution in [0, 0.1) is 5.92 Å². The van der Waals surface area contributed by atoms with Crippen molar-refractivity contribution in [1.82, 2.24) is 14.5 Å². The van der Waals surface area contributed by atoms with E-state index in [9.17, 15) is 13.2 Å². The molecule has 7 nitrogen and oxygen atoms in total. The molecular weight excluding hydrogens is 414 g/mol. The van der Waals surface area contributed by atoms with Gasteiger partial charge in [-0.2, -0.15) is 4.31 Å². The van der Waals surface area contributed by atoms with Crippen LogP contribution >= 0.6 is 11.6 Å². The zero-order valence-electron chi connectivity index (χ0n) is 16.9. The highest BCUT2D eigenvalue weighted by Gasteiger charge is 2.30. The molecule has 2 fully saturated rings. The molecule has 29 heavy (non-hydrogen) atoms. The maximum atomic E-state index is 13.1. The summed E-state index contributed by atoms with van der Waals surface area (Å²) < 4.78 is 32.9. The number of sulfonamides is 1. The Labute approximate surface area is 178 Å². The summed E-state index contributed by atoms with van der Waals surface area (Å²) in [6.07, 6.45) is 2.68. The smallest absolute Gasteiger partial charge is 0.251 e. The van der Waals surface area contributed by atoms with Crippen LogP contribution in [0.25, 0.3) is 0 Å². The van der Waals surface area contributed by atoms with E-state index in [1.165, 1.54) is 16.4 Å². The highest BCUT2D eigenvalue weighted by atomic mass is 35.5. The summed E-state index contributed by atoms with van der Waals surface area (Å²) >= 11 is 6.20. The average Bonchev–Trinajstić information content (AvgIpc) is 2.72. The van der Waals surface area contributed by atoms with Crippen molar-refractivity contribution in [3.8, 4) is 0 Å². The molecule has 2 saturated heterocycles. The maximum absolute atomic E-state index is 13.1. The summed E-state index contributed by atoms with van der Waals surface area (Å²) in [4.78, 5) is 14.8. The van der Waals surface area contributed by atoms with E-state index in [4.69, 9.17) is 16.3 Å². The van der Waals surface area contributed by atoms with Gasteiger partial charge in [0.15, 0.2) is 0 Å². The predicted molar refractivity (Wildman–Crippen MR) is 113 cm³/mol. The number of nitrogens with zero attached hydrogens (tertiary/aromatic N) is 2. The van der Waals surface area contributed by atoms with E-state index >= 15 is 0 Å². The molecule has 1 unspecified atom stereocenters. The standard InChI is InChI=1S/C20H30ClN3O4S/c1-16-4-2-9-24(15-16)29(26,27)19-14-17(5-6-18(19)21)20(25)22-7-3-8-23-10-12-28-13-11-23/h5-6,14,16H,2-4,7-13,15H2,1H3,(H,22,25). The van der Waals surface area contributed by atoms with Gasteiger partial charge in [0.1, 0.15) is 4.90 Å². The largest absolute Gasteiger partial charge is 0.379 e. The molecular formula is C20H30ClN3O4S. The molecule has 0 aromatic heterocycles. The van der Waals surface area contributed by atoms with Gasteiger partial charge >= 0.3 is 0 Å². The minimum absolute atomic E-state index is 0.00855. The van der Waals surface area contributed by atoms with Crippen LogP contribution in [0.5, 0.6) is 0 Å². The van der Waals surface area contributed by atoms with Gasteiger partial charge in [0.2, 0.25) is 10.0 Å². The molecule has 0 spiro atoms. The topological polar surface area (TPSA) is 79.0 Å². The van der Waals surface area contributed by atoms with Crippen LogP contribution in [-0.2, 0) is 14.8 Å². The molecule has 0 saturated carbocycles. The van der Waals surface area contributed by atoms with Gasteiger partial charge in [-0.15, -0.1) is 0 Å². The number of hydrogen-bond acceptors (Lipinski definition) is 5. The number of carbonyl (C=O) groups is 1. The number of carbonyl (C=O) groups excluding carboxylic acids is 1. The fourth-order valence-electron chi connectivity index (χ4n) is 3.78. The van der Waals surface area contributed by atoms with Crippen LogP contribution < -0.4 is 5.32 Å². The monoisotopic (exact) mass is 443 g/mol. The van der Waals surface area contributed by atoms with Crippen LogP contribution in [0.2, 0.25) is 5.02 Å². The molecule has 0 radical (unpaired) electrons. The first-order valence-corrected chi connectivity index (χ1v) is 12.1. The molecule has 1 aromatic carbocycles. The van der Waals surface area contributed by atoms with Crippen LogP contribution in [0.15, 0.2) is 23.1 Å². The number of rotatable bonds is 7. The lowest BCUT2D eigenvalue weighted by atomic mass is 10.0. The van der Waals surface area contributed by atoms with E-state index in [-0.39, 0.29) is 15.8 Å². The quantitative estimate of drug-likeness (QED) is 0.653. The lowest BCUT2D eigenvalue weighted by molar-refractivity contribution is 0.0374. The summed E-state index contributed by atoms with van der Waals surface area (Å²) in [5, 5.41) is 3.02. The second kappa shape index (κ2) is 10.2. The van der Waals surface area contributed by atoms with Gasteiger partial charge in [-0.05, 0) is 49.9 Å². The van der Waals surface area contributed by atoms with Crippen LogP contribution in [0.4, 0.5) is 0 Å². The van der Waals surface area contributed by atoms with E-state index in [1.807, 2.05) is 6.92 Å². The van der Waals surface area contributed by atoms with Crippen molar-refractivity contribution < 1.29 is 17.9 Å². The first-order valence-electron chi connectivity index (χ1n) is 10.3. The van der Waals surface area contributed by atoms with Crippen LogP contribution in [-0.4, -0.2) is 76.0 Å². The summed E-state index contributed by atoms with van der Waals surface area (Å²) in [6, 6.07) is 4.45. The second-order valence-corrected chi connectivity index (χ2v) is 10.1. The van der Waals surface area contributed by atoms with E-state index in [0.717, 1.165) is 52.1 Å². The molecule has 3 rings (SSSR count). The summed E-state index contributed by atoms with van der Waals surface area (Å²) in [5.74, 6) is 0.0300. The normalized spacial score (nSPS) is 21.8. The number of nitrogens with one attached hydrogen (secondary N) is 1. The molecule has 2 aliphatic rings. The van der Waals surface area contributed by atoms with Crippen molar-refractivity contribution in [1.29, 1.82) is 0 Å². The maximum Gasteiger partial charge on any atom is 0.251 e. The number of morpholine rings is 1. The molecule has 1 N–H and O–H groups in total. The van der Waals surface area contributed by atoms with Gasteiger partial charge < -0.3 is 10.1 Å². The van der Waals surface area contributed by atoms with Gasteiger partial charge in [0.05, 0.1) is 18.2 Å². The Bertz CT molecular complexity index is 812. The number of benzene rings is 1. The zero-order valence-corrected chi connectivity index (χ0v) is 18.5. The van der Waals surface area contributed by atoms with Crippen molar-refractivity contribution in [2.24, 2.45) is 5.92 Å². The Hall–Kier alpha value is -1.19. The van der Waals surface area contributed by atoms with Gasteiger partial charge in [-0.3, -0.25) is 9.69 Å². The number of halogens is 1. The highest BCUT2D eigenvalue weighted by Crippen LogP contribution is 2.29. The SMILES string of the molecule is CC1CCCN(S(=O)(=O)c2cc(C(=O)NCCCN3CCOCC3)ccc2Cl)C1. The molecule has 1 amide bonds. The lowest BCUT2D eigenvalue weighted by Gasteiger charge is -2.30. The molecule has 0 aliphatic carbocycles. The predicted octanol–water partition coefficient (Wildman–Crippen LogP) is 2.21. The van der Waals surface area contributed by atoms with E-state index in [0.29, 0.717) is 31.1 Å². The molecule has 0 bridgehead atoms. The van der Waals surface area contributed by atoms with Gasteiger partial charge in [-0.25, -0.2) is 8.42 Å². The average molecular weight is 444 g/mol. The van der Waals surface area contributed by atoms with E-state index < -0.39 is 10.0 Å². The van der Waals surface area contributed by atoms with Gasteiger partial charge in [0, 0.05) is 38.3 Å². The van der Waals surface area contributed by atoms with Crippen LogP contribution in [0.1, 0.15) is 36.5 Å². The van der Waals surface area contributed by atoms with Gasteiger partial charge in [-0.1, -0.05) is 18.5 Å². The molecule has 9 heteroatoms. The number of ether oxygens (including phenoxy) is 1. The van der Waals surface area contributed by atoms with E-state index in [2.05, 4.69) is 10.2 Å². The van der Waals surface area contributed by atoms with E-state index in [1.54, 1.807) is 6.07 Å². The lowest BCUT2D eigenvalue weighted by Crippen LogP contribution is -2.39. The Balaban J connectivity index is 1.61. The summed E-state index contributed by atoms with van der Waals surface area (Å²) in [5.41, 5.74) is 0.310. The molecule has 2 heterocycles. The molecule has 1 atom stereocenters. The third-order valence-electron chi connectivity index (χ3n) is 5.47. The number of piperidine rings is 1. The Morgan fingerprint density at radius 1 is 1.28 bits per heavy atom. The third-order valence-corrected chi connectivity index (χ3v) is 7.82. The third kappa shape index (κ3) is 5.92. The highest BCUT2D eigenvalue weighted by molar-refractivity contribution is 7.89. The minimum atomic E-state index is -3.72. The number of amides is 1. The van der Waals surface area contributed by atoms with Crippen molar-refractivity contribution in [3.63, 3.8) is 0 Å². The summed E-state index contributed by atoms with van der Waals surface area (Å²) in [6.45, 7) is 7.79. The van der Waals surface area contributed by atoms with Crippen molar-refractivity contribution in [3.05, 3.63) is 28.8 Å². The Kier molecular flexibility index (Phi) is 7.92. The van der Waals surface area contributed by atoms with Crippen molar-refractivity contribution in [2.75, 3.05) is 52.5 Å². The van der Waals surface area contributed by atoms with Crippen molar-refractivity contribution >= 4 is 27.5 Å². The fourth-order valence-corrected chi connectivity index (χ4v) is 5.88. The van der Waals surface area contributed by atoms with Crippen molar-refractivity contribution in [2.45, 2.75) is 31.1 Å². The number of hydrogen-bond donors (Lipinski definition) is 1. The molecule has 2 aliphatic heterocycles. The second-order valence-electron chi connectivity index (χ2n) is 7.82. The summed E-state index contributed by atoms with van der Waals surface area (Å²) in [7, 11) is -3.72. The first-order chi connectivity index (χ1) is 13.9. The van der Waals surface area contributed by atoms with Gasteiger partial charge in [0.25, 0.3) is 5.91 Å². The van der Waals surface area contributed by atoms with Crippen LogP contribution in [0.3, 0.4) is 0 Å². The first kappa shape index (κ1) is 22.5. The zero-order chi connectivity index (χ0) is 20.9. The molecule has 1 aromatic rings. The Morgan fingerprint density at radius 3 is 2.76 bits per heavy atom. The molecule has 162 valence electrons. The Morgan fingerprint density at radius 2 is 2.03 bits per heavy atom. The fraction of sp³-hybridized carbons (Fsp3) is 0.650.